The van der Waals surface area contributed by atoms with E-state index >= 15 is 0 Å². The molecule has 156 valence electrons. The Morgan fingerprint density at radius 1 is 1.23 bits per heavy atom. The predicted molar refractivity (Wildman–Crippen MR) is 104 cm³/mol. The highest BCUT2D eigenvalue weighted by atomic mass is 19.4. The second kappa shape index (κ2) is 8.12. The number of aliphatic hydroxyl groups is 1. The van der Waals surface area contributed by atoms with E-state index in [0.29, 0.717) is 5.69 Å². The van der Waals surface area contributed by atoms with Gasteiger partial charge in [0.05, 0.1) is 30.8 Å². The van der Waals surface area contributed by atoms with E-state index in [1.807, 2.05) is 19.1 Å². The first kappa shape index (κ1) is 21.3. The fourth-order valence-electron chi connectivity index (χ4n) is 2.90. The Morgan fingerprint density at radius 3 is 2.70 bits per heavy atom. The lowest BCUT2D eigenvalue weighted by Crippen LogP contribution is -2.30. The minimum Gasteiger partial charge on any atom is -0.387 e. The molecule has 0 bridgehead atoms. The van der Waals surface area contributed by atoms with Crippen LogP contribution in [0, 0.1) is 18.3 Å². The van der Waals surface area contributed by atoms with Crippen LogP contribution >= 0.6 is 0 Å². The van der Waals surface area contributed by atoms with Crippen LogP contribution in [0.5, 0.6) is 0 Å². The molecule has 2 aromatic heterocycles. The largest absolute Gasteiger partial charge is 0.433 e. The van der Waals surface area contributed by atoms with Crippen LogP contribution in [0.1, 0.15) is 24.6 Å². The topological polar surface area (TPSA) is 99.7 Å². The summed E-state index contributed by atoms with van der Waals surface area (Å²) in [5, 5.41) is 26.0. The summed E-state index contributed by atoms with van der Waals surface area (Å²) in [6.07, 6.45) is -0.199. The van der Waals surface area contributed by atoms with Gasteiger partial charge < -0.3 is 10.4 Å². The molecule has 30 heavy (non-hydrogen) atoms. The van der Waals surface area contributed by atoms with E-state index in [2.05, 4.69) is 20.4 Å². The third-order valence-electron chi connectivity index (χ3n) is 4.21. The fraction of sp³-hybridized carbons (Fsp3) is 0.300. The molecule has 0 amide bonds. The smallest absolute Gasteiger partial charge is 0.387 e. The lowest BCUT2D eigenvalue weighted by Gasteiger charge is -2.19. The summed E-state index contributed by atoms with van der Waals surface area (Å²) in [5.41, 5.74) is 0.673. The van der Waals surface area contributed by atoms with E-state index in [9.17, 15) is 18.3 Å². The molecular formula is C20H19F3N6O. The van der Waals surface area contributed by atoms with E-state index in [-0.39, 0.29) is 18.9 Å². The molecule has 0 aliphatic rings. The number of hydrogen-bond acceptors (Lipinski definition) is 6. The van der Waals surface area contributed by atoms with Crippen molar-refractivity contribution in [1.29, 1.82) is 5.26 Å². The van der Waals surface area contributed by atoms with Crippen LogP contribution in [0.4, 0.5) is 24.8 Å². The maximum absolute atomic E-state index is 12.9. The van der Waals surface area contributed by atoms with Crippen molar-refractivity contribution < 1.29 is 18.3 Å². The van der Waals surface area contributed by atoms with E-state index in [4.69, 9.17) is 5.26 Å². The van der Waals surface area contributed by atoms with Crippen LogP contribution < -0.4 is 5.32 Å². The molecule has 1 atom stereocenters. The quantitative estimate of drug-likeness (QED) is 0.628. The number of rotatable bonds is 6. The van der Waals surface area contributed by atoms with E-state index in [0.717, 1.165) is 29.0 Å². The summed E-state index contributed by atoms with van der Waals surface area (Å²) in [5.74, 6) is -0.162. The molecule has 0 saturated carbocycles. The summed E-state index contributed by atoms with van der Waals surface area (Å²) in [6.45, 7) is 3.56. The van der Waals surface area contributed by atoms with Gasteiger partial charge in [0.2, 0.25) is 5.95 Å². The van der Waals surface area contributed by atoms with E-state index in [1.54, 1.807) is 31.5 Å². The van der Waals surface area contributed by atoms with Gasteiger partial charge in [-0.15, -0.1) is 0 Å². The summed E-state index contributed by atoms with van der Waals surface area (Å²) in [7, 11) is 0. The van der Waals surface area contributed by atoms with Crippen molar-refractivity contribution in [2.24, 2.45) is 0 Å². The molecule has 0 radical (unpaired) electrons. The number of halogens is 3. The molecule has 0 fully saturated rings. The second-order valence-corrected chi connectivity index (χ2v) is 7.23. The second-order valence-electron chi connectivity index (χ2n) is 7.23. The average molecular weight is 416 g/mol. The number of anilines is 2. The molecule has 0 saturated heterocycles. The summed E-state index contributed by atoms with van der Waals surface area (Å²) in [4.78, 5) is 7.36. The van der Waals surface area contributed by atoms with Gasteiger partial charge in [-0.1, -0.05) is 6.07 Å². The zero-order valence-electron chi connectivity index (χ0n) is 16.3. The number of nitrogens with zero attached hydrogens (tertiary/aromatic N) is 5. The zero-order chi connectivity index (χ0) is 21.9. The monoisotopic (exact) mass is 416 g/mol. The summed E-state index contributed by atoms with van der Waals surface area (Å²) < 4.78 is 40.1. The highest BCUT2D eigenvalue weighted by Crippen LogP contribution is 2.29. The molecular weight excluding hydrogens is 397 g/mol. The molecule has 3 aromatic rings. The average Bonchev–Trinajstić information content (AvgIpc) is 3.08. The molecule has 2 heterocycles. The number of hydrogen-bond donors (Lipinski definition) is 2. The van der Waals surface area contributed by atoms with Crippen LogP contribution in [-0.2, 0) is 12.7 Å². The first-order chi connectivity index (χ1) is 14.1. The molecule has 2 N–H and O–H groups in total. The van der Waals surface area contributed by atoms with Gasteiger partial charge in [-0.05, 0) is 43.2 Å². The summed E-state index contributed by atoms with van der Waals surface area (Å²) >= 11 is 0. The highest BCUT2D eigenvalue weighted by Gasteiger charge is 2.32. The molecule has 7 nitrogen and oxygen atoms in total. The standard InChI is InChI=1S/C20H19F3N6O/c1-13-7-14(15-10-26-29(11-15)12-19(2,30)4-5-24)9-16(8-13)27-18-25-6-3-17(28-18)20(21,22)23/h3,6-11,30H,4,12H2,1-2H3,(H,25,27,28). The maximum Gasteiger partial charge on any atom is 0.433 e. The van der Waals surface area contributed by atoms with Gasteiger partial charge in [0.15, 0.2) is 0 Å². The molecule has 0 spiro atoms. The van der Waals surface area contributed by atoms with Gasteiger partial charge in [0, 0.05) is 23.6 Å². The third-order valence-corrected chi connectivity index (χ3v) is 4.21. The SMILES string of the molecule is Cc1cc(Nc2nccc(C(F)(F)F)n2)cc(-c2cnn(CC(C)(O)CC#N)c2)c1. The van der Waals surface area contributed by atoms with Gasteiger partial charge in [0.1, 0.15) is 5.69 Å². The van der Waals surface area contributed by atoms with Crippen LogP contribution in [0.2, 0.25) is 0 Å². The normalized spacial score (nSPS) is 13.5. The van der Waals surface area contributed by atoms with E-state index in [1.165, 1.54) is 4.68 Å². The fourth-order valence-corrected chi connectivity index (χ4v) is 2.90. The molecule has 1 aromatic carbocycles. The van der Waals surface area contributed by atoms with Crippen LogP contribution in [-0.4, -0.2) is 30.5 Å². The van der Waals surface area contributed by atoms with Gasteiger partial charge in [-0.3, -0.25) is 4.68 Å². The molecule has 1 unspecified atom stereocenters. The van der Waals surface area contributed by atoms with Crippen LogP contribution in [0.25, 0.3) is 11.1 Å². The maximum atomic E-state index is 12.9. The lowest BCUT2D eigenvalue weighted by atomic mass is 10.0. The van der Waals surface area contributed by atoms with Crippen molar-refractivity contribution in [3.8, 4) is 17.2 Å². The van der Waals surface area contributed by atoms with Crippen molar-refractivity contribution in [2.45, 2.75) is 38.6 Å². The Labute approximate surface area is 170 Å². The zero-order valence-corrected chi connectivity index (χ0v) is 16.3. The Balaban J connectivity index is 1.84. The Kier molecular flexibility index (Phi) is 5.75. The lowest BCUT2D eigenvalue weighted by molar-refractivity contribution is -0.141. The number of nitriles is 1. The van der Waals surface area contributed by atoms with Crippen LogP contribution in [0.3, 0.4) is 0 Å². The minimum absolute atomic E-state index is 0.0301. The Hall–Kier alpha value is -3.45. The number of aromatic nitrogens is 4. The van der Waals surface area contributed by atoms with Gasteiger partial charge in [-0.2, -0.15) is 23.5 Å². The first-order valence-corrected chi connectivity index (χ1v) is 8.97. The number of alkyl halides is 3. The van der Waals surface area contributed by atoms with Crippen molar-refractivity contribution >= 4 is 11.6 Å². The third kappa shape index (κ3) is 5.33. The number of benzene rings is 1. The predicted octanol–water partition coefficient (Wildman–Crippen LogP) is 4.08. The highest BCUT2D eigenvalue weighted by molar-refractivity contribution is 5.70. The van der Waals surface area contributed by atoms with Gasteiger partial charge in [-0.25, -0.2) is 9.97 Å². The van der Waals surface area contributed by atoms with Crippen molar-refractivity contribution in [2.75, 3.05) is 5.32 Å². The molecule has 10 heteroatoms. The molecule has 3 rings (SSSR count). The van der Waals surface area contributed by atoms with E-state index < -0.39 is 17.5 Å². The number of aryl methyl sites for hydroxylation is 1. The Morgan fingerprint density at radius 2 is 2.00 bits per heavy atom. The Bertz CT molecular complexity index is 1080. The van der Waals surface area contributed by atoms with Gasteiger partial charge in [0.25, 0.3) is 0 Å². The molecule has 0 aliphatic carbocycles. The minimum atomic E-state index is -4.56. The van der Waals surface area contributed by atoms with Crippen molar-refractivity contribution in [3.63, 3.8) is 0 Å². The first-order valence-electron chi connectivity index (χ1n) is 8.97. The van der Waals surface area contributed by atoms with Gasteiger partial charge >= 0.3 is 6.18 Å². The number of nitrogens with one attached hydrogen (secondary N) is 1. The van der Waals surface area contributed by atoms with Crippen molar-refractivity contribution in [3.05, 3.63) is 54.1 Å². The molecule has 0 aliphatic heterocycles. The summed E-state index contributed by atoms with van der Waals surface area (Å²) in [6, 6.07) is 8.14. The van der Waals surface area contributed by atoms with Crippen molar-refractivity contribution in [1.82, 2.24) is 19.7 Å². The van der Waals surface area contributed by atoms with Crippen LogP contribution in [0.15, 0.2) is 42.9 Å².